The highest BCUT2D eigenvalue weighted by molar-refractivity contribution is 5.73. The molecule has 0 aliphatic rings. The van der Waals surface area contributed by atoms with Crippen LogP contribution in [0.15, 0.2) is 41.5 Å². The second-order valence-electron chi connectivity index (χ2n) is 18.7. The molecule has 0 bridgehead atoms. The van der Waals surface area contributed by atoms with Crippen molar-refractivity contribution in [2.75, 3.05) is 53.7 Å². The zero-order valence-corrected chi connectivity index (χ0v) is 43.5. The van der Waals surface area contributed by atoms with Crippen LogP contribution in [0.25, 0.3) is 0 Å². The first-order valence-corrected chi connectivity index (χ1v) is 27.0. The van der Waals surface area contributed by atoms with Crippen LogP contribution in [0.2, 0.25) is 0 Å². The summed E-state index contributed by atoms with van der Waals surface area (Å²) in [6.45, 7) is 13.0. The number of hydrogen-bond acceptors (Lipinski definition) is 9. The van der Waals surface area contributed by atoms with E-state index in [0.717, 1.165) is 93.9 Å². The molecule has 0 aliphatic heterocycles. The summed E-state index contributed by atoms with van der Waals surface area (Å²) >= 11 is 0. The van der Waals surface area contributed by atoms with Crippen LogP contribution in [0.5, 0.6) is 0 Å². The van der Waals surface area contributed by atoms with Crippen LogP contribution in [0, 0.1) is 0 Å². The molecule has 0 spiro atoms. The van der Waals surface area contributed by atoms with E-state index in [2.05, 4.69) is 44.7 Å². The van der Waals surface area contributed by atoms with E-state index in [1.165, 1.54) is 114 Å². The summed E-state index contributed by atoms with van der Waals surface area (Å²) in [4.78, 5) is 39.9. The molecule has 380 valence electrons. The van der Waals surface area contributed by atoms with Crippen molar-refractivity contribution in [3.63, 3.8) is 0 Å². The molecule has 0 saturated heterocycles. The van der Waals surface area contributed by atoms with Gasteiger partial charge in [-0.15, -0.1) is 0 Å². The Morgan fingerprint density at radius 2 is 0.894 bits per heavy atom. The lowest BCUT2D eigenvalue weighted by Gasteiger charge is -2.14. The van der Waals surface area contributed by atoms with Crippen LogP contribution in [0.3, 0.4) is 0 Å². The smallest absolute Gasteiger partial charge is 0.310 e. The number of rotatable bonds is 46. The second kappa shape index (κ2) is 44.5. The summed E-state index contributed by atoms with van der Waals surface area (Å²) in [5, 5.41) is 0. The molecule has 1 aromatic carbocycles. The molecule has 0 unspecified atom stereocenters. The molecule has 0 saturated carbocycles. The minimum Gasteiger partial charge on any atom is -0.465 e. The zero-order chi connectivity index (χ0) is 48.1. The standard InChI is InChI=1S/C57H99NO8/c1-7-11-15-17-23-32-50(30-21-13-9-3)38-44-65-55(59)34-25-19-27-41-62-48-52-36-37-53(54(46-52)47-57(61)64-43-29-40-58(5)6)49-63-42-28-20-26-35-56(60)66-45-39-51(31-22-14-10-4)33-24-18-16-12-8-2/h36-39,46H,7-35,40-45,47-49H2,1-6H3/b50-38+,51-39+. The van der Waals surface area contributed by atoms with Gasteiger partial charge in [0.25, 0.3) is 0 Å². The van der Waals surface area contributed by atoms with Crippen molar-refractivity contribution < 1.29 is 38.1 Å². The van der Waals surface area contributed by atoms with Gasteiger partial charge >= 0.3 is 17.9 Å². The van der Waals surface area contributed by atoms with E-state index in [1.54, 1.807) is 0 Å². The first-order valence-electron chi connectivity index (χ1n) is 27.0. The largest absolute Gasteiger partial charge is 0.465 e. The van der Waals surface area contributed by atoms with Crippen LogP contribution < -0.4 is 0 Å². The Labute approximate surface area is 404 Å². The average Bonchev–Trinajstić information content (AvgIpc) is 3.29. The fourth-order valence-corrected chi connectivity index (χ4v) is 7.94. The van der Waals surface area contributed by atoms with Crippen molar-refractivity contribution in [3.8, 4) is 0 Å². The van der Waals surface area contributed by atoms with E-state index in [4.69, 9.17) is 23.7 Å². The van der Waals surface area contributed by atoms with Crippen molar-refractivity contribution in [2.45, 2.75) is 234 Å². The van der Waals surface area contributed by atoms with E-state index in [0.29, 0.717) is 59.1 Å². The third-order valence-electron chi connectivity index (χ3n) is 12.1. The van der Waals surface area contributed by atoms with Gasteiger partial charge in [-0.2, -0.15) is 0 Å². The average molecular weight is 926 g/mol. The van der Waals surface area contributed by atoms with Crippen LogP contribution in [-0.4, -0.2) is 76.5 Å². The van der Waals surface area contributed by atoms with E-state index < -0.39 is 0 Å². The summed E-state index contributed by atoms with van der Waals surface area (Å²) in [5.74, 6) is -0.497. The van der Waals surface area contributed by atoms with Gasteiger partial charge in [0.05, 0.1) is 26.2 Å². The Balaban J connectivity index is 2.51. The molecule has 0 N–H and O–H groups in total. The predicted molar refractivity (Wildman–Crippen MR) is 274 cm³/mol. The molecule has 9 heteroatoms. The van der Waals surface area contributed by atoms with Crippen LogP contribution >= 0.6 is 0 Å². The molecule has 0 aromatic heterocycles. The number of carbonyl (C=O) groups excluding carboxylic acids is 3. The summed E-state index contributed by atoms with van der Waals surface area (Å²) in [7, 11) is 4.02. The molecule has 0 atom stereocenters. The Morgan fingerprint density at radius 1 is 0.455 bits per heavy atom. The van der Waals surface area contributed by atoms with Gasteiger partial charge in [-0.25, -0.2) is 0 Å². The van der Waals surface area contributed by atoms with Gasteiger partial charge in [-0.1, -0.05) is 147 Å². The molecular formula is C57H99NO8. The number of unbranched alkanes of at least 4 members (excludes halogenated alkanes) is 16. The molecule has 66 heavy (non-hydrogen) atoms. The number of esters is 3. The summed E-state index contributed by atoms with van der Waals surface area (Å²) in [6.07, 6.45) is 35.7. The highest BCUT2D eigenvalue weighted by Gasteiger charge is 2.12. The summed E-state index contributed by atoms with van der Waals surface area (Å²) < 4.78 is 28.9. The zero-order valence-electron chi connectivity index (χ0n) is 43.5. The van der Waals surface area contributed by atoms with Crippen LogP contribution in [-0.2, 0) is 57.7 Å². The number of allylic oxidation sites excluding steroid dienone is 2. The Morgan fingerprint density at radius 3 is 1.39 bits per heavy atom. The maximum absolute atomic E-state index is 12.9. The van der Waals surface area contributed by atoms with Crippen molar-refractivity contribution in [3.05, 3.63) is 58.2 Å². The lowest BCUT2D eigenvalue weighted by Crippen LogP contribution is -2.17. The van der Waals surface area contributed by atoms with E-state index >= 15 is 0 Å². The van der Waals surface area contributed by atoms with E-state index in [1.807, 2.05) is 32.3 Å². The number of carbonyl (C=O) groups is 3. The SMILES string of the molecule is CCCCCCC/C(=C/COC(=O)CCCCCOCc1ccc(COCCCCCC(=O)OC/C=C(\CCCCC)CCCCCCC)c(CC(=O)OCCCN(C)C)c1)CCCCC. The normalized spacial score (nSPS) is 12.0. The van der Waals surface area contributed by atoms with Crippen molar-refractivity contribution in [1.82, 2.24) is 4.90 Å². The molecule has 0 amide bonds. The second-order valence-corrected chi connectivity index (χ2v) is 18.7. The summed E-state index contributed by atoms with van der Waals surface area (Å²) in [5.41, 5.74) is 5.75. The maximum Gasteiger partial charge on any atom is 0.310 e. The van der Waals surface area contributed by atoms with Gasteiger partial charge in [0.2, 0.25) is 0 Å². The van der Waals surface area contributed by atoms with Gasteiger partial charge < -0.3 is 28.6 Å². The minimum atomic E-state index is -0.245. The van der Waals surface area contributed by atoms with Gasteiger partial charge in [-0.05, 0) is 126 Å². The monoisotopic (exact) mass is 926 g/mol. The third-order valence-corrected chi connectivity index (χ3v) is 12.1. The predicted octanol–water partition coefficient (Wildman–Crippen LogP) is 14.7. The number of hydrogen-bond donors (Lipinski definition) is 0. The highest BCUT2D eigenvalue weighted by Crippen LogP contribution is 2.20. The fourth-order valence-electron chi connectivity index (χ4n) is 7.94. The molecular weight excluding hydrogens is 827 g/mol. The van der Waals surface area contributed by atoms with Crippen molar-refractivity contribution in [2.24, 2.45) is 0 Å². The lowest BCUT2D eigenvalue weighted by molar-refractivity contribution is -0.143. The molecule has 1 aromatic rings. The minimum absolute atomic E-state index is 0.124. The Hall–Kier alpha value is -3.01. The molecule has 0 fully saturated rings. The Kier molecular flexibility index (Phi) is 41.1. The molecule has 0 radical (unpaired) electrons. The number of benzene rings is 1. The lowest BCUT2D eigenvalue weighted by atomic mass is 10.0. The molecule has 1 rings (SSSR count). The topological polar surface area (TPSA) is 101 Å². The third kappa shape index (κ3) is 37.0. The van der Waals surface area contributed by atoms with Crippen molar-refractivity contribution >= 4 is 17.9 Å². The first kappa shape index (κ1) is 61.0. The van der Waals surface area contributed by atoms with Crippen LogP contribution in [0.4, 0.5) is 0 Å². The van der Waals surface area contributed by atoms with Gasteiger partial charge in [0.15, 0.2) is 0 Å². The quantitative estimate of drug-likeness (QED) is 0.0274. The van der Waals surface area contributed by atoms with E-state index in [-0.39, 0.29) is 24.3 Å². The summed E-state index contributed by atoms with van der Waals surface area (Å²) in [6, 6.07) is 6.11. The molecule has 0 heterocycles. The number of ether oxygens (including phenoxy) is 5. The molecule has 0 aliphatic carbocycles. The number of nitrogens with zero attached hydrogens (tertiary/aromatic N) is 1. The fraction of sp³-hybridized carbons (Fsp3) is 0.772. The van der Waals surface area contributed by atoms with Gasteiger partial charge in [0.1, 0.15) is 13.2 Å². The van der Waals surface area contributed by atoms with Gasteiger partial charge in [0, 0.05) is 32.6 Å². The first-order chi connectivity index (χ1) is 32.2. The van der Waals surface area contributed by atoms with Crippen LogP contribution in [0.1, 0.15) is 231 Å². The maximum atomic E-state index is 12.9. The van der Waals surface area contributed by atoms with Crippen molar-refractivity contribution in [1.29, 1.82) is 0 Å². The van der Waals surface area contributed by atoms with Gasteiger partial charge in [-0.3, -0.25) is 14.4 Å². The Bertz CT molecular complexity index is 1400. The highest BCUT2D eigenvalue weighted by atomic mass is 16.5. The molecule has 9 nitrogen and oxygen atoms in total. The van der Waals surface area contributed by atoms with E-state index in [9.17, 15) is 14.4 Å².